The van der Waals surface area contributed by atoms with Crippen LogP contribution in [0.1, 0.15) is 43.4 Å². The molecule has 1 N–H and O–H groups in total. The highest BCUT2D eigenvalue weighted by atomic mass is 32.1. The Labute approximate surface area is 116 Å². The molecule has 6 heteroatoms. The standard InChI is InChI=1S/C13H18N2O3S/c1-7(2)15-11(16)5-4-9(13(17)18)12(15)10-6-19-8(3)14-10/h6-7,9,12H,4-5H2,1-3H3,(H,17,18). The molecule has 2 heterocycles. The summed E-state index contributed by atoms with van der Waals surface area (Å²) < 4.78 is 0. The first-order chi connectivity index (χ1) is 8.91. The number of carboxylic acids is 1. The largest absolute Gasteiger partial charge is 0.481 e. The van der Waals surface area contributed by atoms with Gasteiger partial charge in [-0.05, 0) is 27.2 Å². The fourth-order valence-electron chi connectivity index (χ4n) is 2.65. The number of nitrogens with zero attached hydrogens (tertiary/aromatic N) is 2. The van der Waals surface area contributed by atoms with Crippen LogP contribution in [0.4, 0.5) is 0 Å². The zero-order valence-corrected chi connectivity index (χ0v) is 12.1. The molecule has 1 aliphatic rings. The van der Waals surface area contributed by atoms with E-state index in [4.69, 9.17) is 0 Å². The summed E-state index contributed by atoms with van der Waals surface area (Å²) in [5.74, 6) is -1.40. The van der Waals surface area contributed by atoms with Crippen molar-refractivity contribution in [1.82, 2.24) is 9.88 Å². The van der Waals surface area contributed by atoms with E-state index in [9.17, 15) is 14.7 Å². The molecule has 1 aromatic rings. The van der Waals surface area contributed by atoms with Crippen LogP contribution in [0.5, 0.6) is 0 Å². The molecule has 5 nitrogen and oxygen atoms in total. The Morgan fingerprint density at radius 1 is 1.58 bits per heavy atom. The van der Waals surface area contributed by atoms with Crippen molar-refractivity contribution in [3.8, 4) is 0 Å². The molecule has 19 heavy (non-hydrogen) atoms. The lowest BCUT2D eigenvalue weighted by molar-refractivity contribution is -0.153. The third kappa shape index (κ3) is 2.63. The number of likely N-dealkylation sites (tertiary alicyclic amines) is 1. The quantitative estimate of drug-likeness (QED) is 0.923. The average Bonchev–Trinajstić information content (AvgIpc) is 2.74. The highest BCUT2D eigenvalue weighted by Crippen LogP contribution is 2.38. The normalized spacial score (nSPS) is 24.0. The summed E-state index contributed by atoms with van der Waals surface area (Å²) in [6.07, 6.45) is 0.688. The van der Waals surface area contributed by atoms with Crippen molar-refractivity contribution in [1.29, 1.82) is 0 Å². The number of rotatable bonds is 3. The van der Waals surface area contributed by atoms with Crippen LogP contribution in [0.25, 0.3) is 0 Å². The van der Waals surface area contributed by atoms with E-state index in [1.54, 1.807) is 4.90 Å². The van der Waals surface area contributed by atoms with Gasteiger partial charge >= 0.3 is 5.97 Å². The Bertz CT molecular complexity index is 498. The van der Waals surface area contributed by atoms with Crippen molar-refractivity contribution in [2.45, 2.75) is 45.7 Å². The third-order valence-electron chi connectivity index (χ3n) is 3.45. The first kappa shape index (κ1) is 14.0. The van der Waals surface area contributed by atoms with Gasteiger partial charge in [0.25, 0.3) is 0 Å². The lowest BCUT2D eigenvalue weighted by atomic mass is 9.86. The van der Waals surface area contributed by atoms with Gasteiger partial charge in [0.05, 0.1) is 22.7 Å². The summed E-state index contributed by atoms with van der Waals surface area (Å²) >= 11 is 1.48. The Kier molecular flexibility index (Phi) is 3.89. The summed E-state index contributed by atoms with van der Waals surface area (Å²) in [7, 11) is 0. The topological polar surface area (TPSA) is 70.5 Å². The van der Waals surface area contributed by atoms with Crippen LogP contribution in [0.15, 0.2) is 5.38 Å². The molecule has 0 aromatic carbocycles. The van der Waals surface area contributed by atoms with E-state index < -0.39 is 17.9 Å². The van der Waals surface area contributed by atoms with Gasteiger partial charge in [0.1, 0.15) is 0 Å². The summed E-state index contributed by atoms with van der Waals surface area (Å²) in [4.78, 5) is 29.6. The molecule has 1 saturated heterocycles. The maximum Gasteiger partial charge on any atom is 0.309 e. The van der Waals surface area contributed by atoms with Crippen LogP contribution in [0, 0.1) is 12.8 Å². The van der Waals surface area contributed by atoms with Crippen molar-refractivity contribution in [3.05, 3.63) is 16.1 Å². The monoisotopic (exact) mass is 282 g/mol. The number of carboxylic acid groups (broad SMARTS) is 1. The Balaban J connectivity index is 2.43. The van der Waals surface area contributed by atoms with Crippen LogP contribution in [-0.2, 0) is 9.59 Å². The van der Waals surface area contributed by atoms with Gasteiger partial charge in [0.2, 0.25) is 5.91 Å². The number of hydrogen-bond donors (Lipinski definition) is 1. The molecule has 0 radical (unpaired) electrons. The molecular formula is C13H18N2O3S. The minimum absolute atomic E-state index is 0.0168. The SMILES string of the molecule is Cc1nc(C2C(C(=O)O)CCC(=O)N2C(C)C)cs1. The number of carbonyl (C=O) groups is 2. The molecule has 0 bridgehead atoms. The van der Waals surface area contributed by atoms with Crippen LogP contribution in [-0.4, -0.2) is 32.9 Å². The molecule has 0 saturated carbocycles. The van der Waals surface area contributed by atoms with Crippen molar-refractivity contribution in [2.75, 3.05) is 0 Å². The van der Waals surface area contributed by atoms with Crippen LogP contribution in [0.2, 0.25) is 0 Å². The van der Waals surface area contributed by atoms with E-state index in [0.29, 0.717) is 18.5 Å². The molecular weight excluding hydrogens is 264 g/mol. The van der Waals surface area contributed by atoms with Crippen molar-refractivity contribution >= 4 is 23.2 Å². The first-order valence-electron chi connectivity index (χ1n) is 6.37. The van der Waals surface area contributed by atoms with Crippen LogP contribution < -0.4 is 0 Å². The zero-order chi connectivity index (χ0) is 14.2. The fourth-order valence-corrected chi connectivity index (χ4v) is 3.29. The second kappa shape index (κ2) is 5.28. The van der Waals surface area contributed by atoms with Gasteiger partial charge in [-0.3, -0.25) is 9.59 Å². The van der Waals surface area contributed by atoms with Gasteiger partial charge in [0, 0.05) is 17.8 Å². The number of aliphatic carboxylic acids is 1. The first-order valence-corrected chi connectivity index (χ1v) is 7.25. The van der Waals surface area contributed by atoms with Gasteiger partial charge in [-0.15, -0.1) is 11.3 Å². The van der Waals surface area contributed by atoms with Gasteiger partial charge in [-0.1, -0.05) is 0 Å². The molecule has 1 fully saturated rings. The Morgan fingerprint density at radius 2 is 2.26 bits per heavy atom. The molecule has 1 amide bonds. The number of thiazole rings is 1. The van der Waals surface area contributed by atoms with E-state index in [2.05, 4.69) is 4.98 Å². The number of aryl methyl sites for hydroxylation is 1. The smallest absolute Gasteiger partial charge is 0.309 e. The number of hydrogen-bond acceptors (Lipinski definition) is 4. The van der Waals surface area contributed by atoms with E-state index >= 15 is 0 Å². The predicted molar refractivity (Wildman–Crippen MR) is 71.9 cm³/mol. The number of piperidine rings is 1. The van der Waals surface area contributed by atoms with Crippen molar-refractivity contribution < 1.29 is 14.7 Å². The van der Waals surface area contributed by atoms with Gasteiger partial charge in [-0.25, -0.2) is 4.98 Å². The molecule has 0 spiro atoms. The summed E-state index contributed by atoms with van der Waals surface area (Å²) in [6.45, 7) is 5.71. The lowest BCUT2D eigenvalue weighted by Crippen LogP contribution is -2.48. The summed E-state index contributed by atoms with van der Waals surface area (Å²) in [5.41, 5.74) is 0.705. The van der Waals surface area contributed by atoms with Gasteiger partial charge < -0.3 is 10.0 Å². The number of aromatic nitrogens is 1. The zero-order valence-electron chi connectivity index (χ0n) is 11.3. The predicted octanol–water partition coefficient (Wildman–Crippen LogP) is 2.22. The molecule has 1 aromatic heterocycles. The summed E-state index contributed by atoms with van der Waals surface area (Å²) in [5, 5.41) is 12.2. The maximum absolute atomic E-state index is 12.1. The lowest BCUT2D eigenvalue weighted by Gasteiger charge is -2.41. The van der Waals surface area contributed by atoms with Gasteiger partial charge in [-0.2, -0.15) is 0 Å². The molecule has 2 rings (SSSR count). The van der Waals surface area contributed by atoms with Crippen LogP contribution in [0.3, 0.4) is 0 Å². The van der Waals surface area contributed by atoms with E-state index in [-0.39, 0.29) is 11.9 Å². The molecule has 1 aliphatic heterocycles. The number of carbonyl (C=O) groups excluding carboxylic acids is 1. The van der Waals surface area contributed by atoms with E-state index in [0.717, 1.165) is 5.01 Å². The highest BCUT2D eigenvalue weighted by molar-refractivity contribution is 7.09. The second-order valence-electron chi connectivity index (χ2n) is 5.11. The van der Waals surface area contributed by atoms with E-state index in [1.807, 2.05) is 26.2 Å². The maximum atomic E-state index is 12.1. The Morgan fingerprint density at radius 3 is 2.74 bits per heavy atom. The van der Waals surface area contributed by atoms with Crippen molar-refractivity contribution in [2.24, 2.45) is 5.92 Å². The number of amides is 1. The van der Waals surface area contributed by atoms with Crippen LogP contribution >= 0.6 is 11.3 Å². The van der Waals surface area contributed by atoms with Gasteiger partial charge in [0.15, 0.2) is 0 Å². The van der Waals surface area contributed by atoms with E-state index in [1.165, 1.54) is 11.3 Å². The molecule has 2 unspecified atom stereocenters. The second-order valence-corrected chi connectivity index (χ2v) is 6.18. The average molecular weight is 282 g/mol. The third-order valence-corrected chi connectivity index (χ3v) is 4.24. The van der Waals surface area contributed by atoms with Crippen molar-refractivity contribution in [3.63, 3.8) is 0 Å². The molecule has 104 valence electrons. The summed E-state index contributed by atoms with van der Waals surface area (Å²) in [6, 6.07) is -0.467. The highest BCUT2D eigenvalue weighted by Gasteiger charge is 2.42. The molecule has 0 aliphatic carbocycles. The minimum Gasteiger partial charge on any atom is -0.481 e. The minimum atomic E-state index is -0.853. The molecule has 2 atom stereocenters. The Hall–Kier alpha value is -1.43. The fraction of sp³-hybridized carbons (Fsp3) is 0.615.